The van der Waals surface area contributed by atoms with Crippen molar-refractivity contribution in [2.24, 2.45) is 35.5 Å². The van der Waals surface area contributed by atoms with Crippen molar-refractivity contribution in [2.45, 2.75) is 39.0 Å². The average molecular weight is 188 g/mol. The Morgan fingerprint density at radius 2 is 1.79 bits per heavy atom. The lowest BCUT2D eigenvalue weighted by Gasteiger charge is -2.35. The smallest absolute Gasteiger partial charge is 0.0167 e. The summed E-state index contributed by atoms with van der Waals surface area (Å²) in [7, 11) is 0. The van der Waals surface area contributed by atoms with Gasteiger partial charge in [-0.05, 0) is 74.5 Å². The molecule has 0 aromatic carbocycles. The maximum absolute atomic E-state index is 2.44. The van der Waals surface area contributed by atoms with E-state index >= 15 is 0 Å². The average Bonchev–Trinajstić information content (AvgIpc) is 2.94. The summed E-state index contributed by atoms with van der Waals surface area (Å²) in [6, 6.07) is 0. The van der Waals surface area contributed by atoms with Crippen molar-refractivity contribution in [3.63, 3.8) is 0 Å². The molecule has 0 aromatic heterocycles. The van der Waals surface area contributed by atoms with Gasteiger partial charge in [-0.15, -0.1) is 0 Å². The van der Waals surface area contributed by atoms with Gasteiger partial charge in [0.25, 0.3) is 0 Å². The van der Waals surface area contributed by atoms with E-state index in [1.165, 1.54) is 18.3 Å². The van der Waals surface area contributed by atoms with Crippen molar-refractivity contribution < 1.29 is 0 Å². The van der Waals surface area contributed by atoms with Gasteiger partial charge < -0.3 is 0 Å². The minimum atomic E-state index is 1.05. The Morgan fingerprint density at radius 3 is 2.57 bits per heavy atom. The molecule has 0 heteroatoms. The summed E-state index contributed by atoms with van der Waals surface area (Å²) < 4.78 is 0. The molecule has 0 aliphatic heterocycles. The van der Waals surface area contributed by atoms with Gasteiger partial charge in [-0.3, -0.25) is 0 Å². The summed E-state index contributed by atoms with van der Waals surface area (Å²) in [4.78, 5) is 0. The second-order valence-electron chi connectivity index (χ2n) is 6.16. The molecule has 14 heavy (non-hydrogen) atoms. The summed E-state index contributed by atoms with van der Waals surface area (Å²) >= 11 is 0. The second-order valence-corrected chi connectivity index (χ2v) is 6.16. The highest BCUT2D eigenvalue weighted by Crippen LogP contribution is 2.68. The Hall–Kier alpha value is -0.260. The van der Waals surface area contributed by atoms with Crippen LogP contribution >= 0.6 is 0 Å². The summed E-state index contributed by atoms with van der Waals surface area (Å²) in [5.41, 5.74) is 1.84. The van der Waals surface area contributed by atoms with Crippen LogP contribution in [0.1, 0.15) is 39.0 Å². The van der Waals surface area contributed by atoms with Crippen molar-refractivity contribution in [3.8, 4) is 0 Å². The number of fused-ring (bicyclic) bond motifs is 9. The second kappa shape index (κ2) is 2.46. The Morgan fingerprint density at radius 1 is 1.00 bits per heavy atom. The van der Waals surface area contributed by atoms with E-state index in [0.29, 0.717) is 0 Å². The first-order valence-electron chi connectivity index (χ1n) is 6.53. The van der Waals surface area contributed by atoms with Crippen LogP contribution in [0.5, 0.6) is 0 Å². The fraction of sp³-hybridized carbons (Fsp3) is 0.857. The fourth-order valence-corrected chi connectivity index (χ4v) is 5.72. The van der Waals surface area contributed by atoms with Crippen molar-refractivity contribution >= 4 is 0 Å². The van der Waals surface area contributed by atoms with Crippen LogP contribution in [0.25, 0.3) is 0 Å². The Bertz CT molecular complexity index is 301. The maximum atomic E-state index is 2.44. The molecule has 4 fully saturated rings. The van der Waals surface area contributed by atoms with E-state index in [9.17, 15) is 0 Å². The lowest BCUT2D eigenvalue weighted by molar-refractivity contribution is 0.173. The molecular weight excluding hydrogens is 168 g/mol. The van der Waals surface area contributed by atoms with E-state index in [1.807, 2.05) is 5.57 Å². The number of hydrogen-bond donors (Lipinski definition) is 0. The highest BCUT2D eigenvalue weighted by Gasteiger charge is 2.60. The predicted octanol–water partition coefficient (Wildman–Crippen LogP) is 3.63. The molecule has 4 saturated carbocycles. The Balaban J connectivity index is 1.75. The van der Waals surface area contributed by atoms with Crippen molar-refractivity contribution in [2.75, 3.05) is 0 Å². The van der Waals surface area contributed by atoms with E-state index in [4.69, 9.17) is 0 Å². The van der Waals surface area contributed by atoms with Crippen LogP contribution < -0.4 is 0 Å². The van der Waals surface area contributed by atoms with Crippen LogP contribution in [0.3, 0.4) is 0 Å². The summed E-state index contributed by atoms with van der Waals surface area (Å²) in [5, 5.41) is 0. The first kappa shape index (κ1) is 7.96. The first-order chi connectivity index (χ1) is 6.88. The van der Waals surface area contributed by atoms with Gasteiger partial charge in [0.1, 0.15) is 0 Å². The quantitative estimate of drug-likeness (QED) is 0.402. The Kier molecular flexibility index (Phi) is 1.40. The minimum absolute atomic E-state index is 1.05. The van der Waals surface area contributed by atoms with E-state index in [0.717, 1.165) is 23.7 Å². The van der Waals surface area contributed by atoms with E-state index in [1.54, 1.807) is 25.7 Å². The Labute approximate surface area is 86.8 Å². The third-order valence-corrected chi connectivity index (χ3v) is 5.96. The molecule has 76 valence electrons. The zero-order valence-corrected chi connectivity index (χ0v) is 9.08. The molecule has 0 saturated heterocycles. The maximum Gasteiger partial charge on any atom is -0.0167 e. The molecule has 0 radical (unpaired) electrons. The summed E-state index contributed by atoms with van der Waals surface area (Å²) in [6.45, 7) is 2.26. The van der Waals surface area contributed by atoms with Gasteiger partial charge in [-0.2, -0.15) is 0 Å². The third kappa shape index (κ3) is 0.741. The van der Waals surface area contributed by atoms with Crippen molar-refractivity contribution in [3.05, 3.63) is 11.6 Å². The van der Waals surface area contributed by atoms with Gasteiger partial charge in [0.05, 0.1) is 0 Å². The molecule has 6 atom stereocenters. The molecule has 0 spiro atoms. The molecule has 0 aromatic rings. The molecular formula is C14H20. The van der Waals surface area contributed by atoms with Crippen LogP contribution in [0.15, 0.2) is 11.6 Å². The molecule has 4 aliphatic carbocycles. The molecule has 0 amide bonds. The molecule has 0 N–H and O–H groups in total. The monoisotopic (exact) mass is 188 g/mol. The predicted molar refractivity (Wildman–Crippen MR) is 57.8 cm³/mol. The van der Waals surface area contributed by atoms with Crippen molar-refractivity contribution in [1.82, 2.24) is 0 Å². The molecule has 4 bridgehead atoms. The standard InChI is InChI=1S/C14H20/c1-2-8-5-11-7-12(8)14-10-4-3-9(6-10)13(11)14/h2,9-14H,3-7H2,1H3. The molecule has 4 rings (SSSR count). The van der Waals surface area contributed by atoms with E-state index in [-0.39, 0.29) is 0 Å². The first-order valence-corrected chi connectivity index (χ1v) is 6.53. The molecule has 0 heterocycles. The van der Waals surface area contributed by atoms with Gasteiger partial charge in [0.2, 0.25) is 0 Å². The normalized spacial score (nSPS) is 61.4. The van der Waals surface area contributed by atoms with Crippen LogP contribution in [0.4, 0.5) is 0 Å². The zero-order chi connectivity index (χ0) is 9.28. The van der Waals surface area contributed by atoms with Crippen molar-refractivity contribution in [1.29, 1.82) is 0 Å². The van der Waals surface area contributed by atoms with Crippen LogP contribution in [-0.2, 0) is 0 Å². The molecule has 0 nitrogen and oxygen atoms in total. The summed E-state index contributed by atoms with van der Waals surface area (Å²) in [5.74, 6) is 6.81. The van der Waals surface area contributed by atoms with Gasteiger partial charge >= 0.3 is 0 Å². The topological polar surface area (TPSA) is 0 Å². The highest BCUT2D eigenvalue weighted by atomic mass is 14.6. The van der Waals surface area contributed by atoms with Gasteiger partial charge in [0.15, 0.2) is 0 Å². The largest absolute Gasteiger partial charge is 0.0882 e. The lowest BCUT2D eigenvalue weighted by atomic mass is 9.69. The lowest BCUT2D eigenvalue weighted by Crippen LogP contribution is -2.29. The van der Waals surface area contributed by atoms with Gasteiger partial charge in [-0.1, -0.05) is 11.6 Å². The van der Waals surface area contributed by atoms with E-state index in [2.05, 4.69) is 13.0 Å². The zero-order valence-electron chi connectivity index (χ0n) is 9.08. The van der Waals surface area contributed by atoms with Gasteiger partial charge in [0, 0.05) is 0 Å². The molecule has 6 unspecified atom stereocenters. The van der Waals surface area contributed by atoms with Crippen LogP contribution in [0, 0.1) is 35.5 Å². The molecule has 4 aliphatic rings. The SMILES string of the molecule is CC=C1CC2CC1C1C3CCC(C3)C21. The van der Waals surface area contributed by atoms with E-state index < -0.39 is 0 Å². The minimum Gasteiger partial charge on any atom is -0.0882 e. The fourth-order valence-electron chi connectivity index (χ4n) is 5.72. The number of hydrogen-bond acceptors (Lipinski definition) is 0. The third-order valence-electron chi connectivity index (χ3n) is 5.96. The number of allylic oxidation sites excluding steroid dienone is 2. The van der Waals surface area contributed by atoms with Crippen LogP contribution in [-0.4, -0.2) is 0 Å². The summed E-state index contributed by atoms with van der Waals surface area (Å²) in [6.07, 6.45) is 10.3. The highest BCUT2D eigenvalue weighted by molar-refractivity contribution is 5.24. The number of rotatable bonds is 0. The van der Waals surface area contributed by atoms with Gasteiger partial charge in [-0.25, -0.2) is 0 Å². The van der Waals surface area contributed by atoms with Crippen LogP contribution in [0.2, 0.25) is 0 Å².